The van der Waals surface area contributed by atoms with Gasteiger partial charge in [0.2, 0.25) is 0 Å². The number of aryl methyl sites for hydroxylation is 1. The normalized spacial score (nSPS) is 10.3. The van der Waals surface area contributed by atoms with Crippen LogP contribution in [0.15, 0.2) is 40.9 Å². The van der Waals surface area contributed by atoms with Gasteiger partial charge in [0, 0.05) is 4.47 Å². The Kier molecular flexibility index (Phi) is 3.85. The smallest absolute Gasteiger partial charge is 0.336 e. The Labute approximate surface area is 117 Å². The fourth-order valence-corrected chi connectivity index (χ4v) is 2.09. The van der Waals surface area contributed by atoms with Crippen LogP contribution in [0.1, 0.15) is 15.9 Å². The van der Waals surface area contributed by atoms with Gasteiger partial charge in [0.25, 0.3) is 0 Å². The summed E-state index contributed by atoms with van der Waals surface area (Å²) in [7, 11) is 0. The molecule has 0 aliphatic rings. The SMILES string of the molecule is Cc1cccc(Oc2ccc(C(=O)O)c(Br)c2)c1F. The molecule has 0 saturated carbocycles. The van der Waals surface area contributed by atoms with E-state index in [4.69, 9.17) is 9.84 Å². The lowest BCUT2D eigenvalue weighted by Crippen LogP contribution is -1.98. The van der Waals surface area contributed by atoms with Crippen molar-refractivity contribution >= 4 is 21.9 Å². The molecule has 0 aromatic heterocycles. The van der Waals surface area contributed by atoms with Crippen LogP contribution in [0.3, 0.4) is 0 Å². The average Bonchev–Trinajstić information content (AvgIpc) is 2.34. The summed E-state index contributed by atoms with van der Waals surface area (Å²) in [6.07, 6.45) is 0. The zero-order chi connectivity index (χ0) is 14.0. The summed E-state index contributed by atoms with van der Waals surface area (Å²) in [5, 5.41) is 8.90. The van der Waals surface area contributed by atoms with Gasteiger partial charge in [-0.15, -0.1) is 0 Å². The molecule has 0 aliphatic heterocycles. The molecule has 2 aromatic rings. The Morgan fingerprint density at radius 1 is 1.32 bits per heavy atom. The highest BCUT2D eigenvalue weighted by molar-refractivity contribution is 9.10. The molecule has 0 spiro atoms. The van der Waals surface area contributed by atoms with Gasteiger partial charge in [-0.25, -0.2) is 9.18 Å². The lowest BCUT2D eigenvalue weighted by molar-refractivity contribution is 0.0696. The van der Waals surface area contributed by atoms with Crippen molar-refractivity contribution in [3.05, 3.63) is 57.8 Å². The quantitative estimate of drug-likeness (QED) is 0.910. The maximum Gasteiger partial charge on any atom is 0.336 e. The molecule has 3 nitrogen and oxygen atoms in total. The molecule has 0 unspecified atom stereocenters. The number of ether oxygens (including phenoxy) is 1. The Hall–Kier alpha value is -1.88. The topological polar surface area (TPSA) is 46.5 Å². The standard InChI is InChI=1S/C14H10BrFO3/c1-8-3-2-4-12(13(8)16)19-9-5-6-10(14(17)18)11(15)7-9/h2-7H,1H3,(H,17,18). The van der Waals surface area contributed by atoms with Crippen molar-refractivity contribution < 1.29 is 19.0 Å². The van der Waals surface area contributed by atoms with E-state index in [1.54, 1.807) is 19.1 Å². The highest BCUT2D eigenvalue weighted by atomic mass is 79.9. The number of rotatable bonds is 3. The van der Waals surface area contributed by atoms with Crippen LogP contribution in [-0.4, -0.2) is 11.1 Å². The summed E-state index contributed by atoms with van der Waals surface area (Å²) in [6, 6.07) is 9.22. The lowest BCUT2D eigenvalue weighted by Gasteiger charge is -2.09. The van der Waals surface area contributed by atoms with Crippen molar-refractivity contribution in [2.24, 2.45) is 0 Å². The van der Waals surface area contributed by atoms with Gasteiger partial charge < -0.3 is 9.84 Å². The van der Waals surface area contributed by atoms with Crippen molar-refractivity contribution in [1.29, 1.82) is 0 Å². The average molecular weight is 325 g/mol. The number of aromatic carboxylic acids is 1. The molecule has 0 radical (unpaired) electrons. The van der Waals surface area contributed by atoms with Crippen molar-refractivity contribution in [2.45, 2.75) is 6.92 Å². The number of hydrogen-bond donors (Lipinski definition) is 1. The summed E-state index contributed by atoms with van der Waals surface area (Å²) in [5.74, 6) is -1.00. The number of hydrogen-bond acceptors (Lipinski definition) is 2. The summed E-state index contributed by atoms with van der Waals surface area (Å²) in [6.45, 7) is 1.64. The van der Waals surface area contributed by atoms with E-state index in [-0.39, 0.29) is 11.3 Å². The fraction of sp³-hybridized carbons (Fsp3) is 0.0714. The summed E-state index contributed by atoms with van der Waals surface area (Å²) >= 11 is 3.14. The number of halogens is 2. The third-order valence-corrected chi connectivity index (χ3v) is 3.21. The van der Waals surface area contributed by atoms with E-state index in [1.807, 2.05) is 0 Å². The first-order valence-corrected chi connectivity index (χ1v) is 6.24. The molecule has 98 valence electrons. The van der Waals surface area contributed by atoms with Gasteiger partial charge in [0.1, 0.15) is 5.75 Å². The van der Waals surface area contributed by atoms with Crippen molar-refractivity contribution in [3.8, 4) is 11.5 Å². The second kappa shape index (κ2) is 5.40. The lowest BCUT2D eigenvalue weighted by atomic mass is 10.2. The fourth-order valence-electron chi connectivity index (χ4n) is 1.56. The maximum atomic E-state index is 13.8. The van der Waals surface area contributed by atoms with Crippen LogP contribution in [0.5, 0.6) is 11.5 Å². The zero-order valence-corrected chi connectivity index (χ0v) is 11.6. The Bertz CT molecular complexity index is 641. The zero-order valence-electron chi connectivity index (χ0n) is 9.98. The molecule has 0 atom stereocenters. The van der Waals surface area contributed by atoms with Gasteiger partial charge in [-0.2, -0.15) is 0 Å². The van der Waals surface area contributed by atoms with Crippen LogP contribution in [-0.2, 0) is 0 Å². The third kappa shape index (κ3) is 2.93. The van der Waals surface area contributed by atoms with Gasteiger partial charge in [0.15, 0.2) is 11.6 Å². The summed E-state index contributed by atoms with van der Waals surface area (Å²) < 4.78 is 19.6. The minimum absolute atomic E-state index is 0.106. The molecule has 5 heteroatoms. The molecule has 2 rings (SSSR count). The number of carboxylic acids is 1. The largest absolute Gasteiger partial charge is 0.478 e. The second-order valence-corrected chi connectivity index (χ2v) is 4.79. The van der Waals surface area contributed by atoms with E-state index < -0.39 is 11.8 Å². The van der Waals surface area contributed by atoms with E-state index in [9.17, 15) is 9.18 Å². The third-order valence-electron chi connectivity index (χ3n) is 2.56. The molecule has 0 bridgehead atoms. The molecular formula is C14H10BrFO3. The molecule has 0 heterocycles. The van der Waals surface area contributed by atoms with Gasteiger partial charge in [0.05, 0.1) is 5.56 Å². The van der Waals surface area contributed by atoms with Crippen LogP contribution >= 0.6 is 15.9 Å². The molecule has 1 N–H and O–H groups in total. The molecular weight excluding hydrogens is 315 g/mol. The molecule has 0 fully saturated rings. The van der Waals surface area contributed by atoms with E-state index in [0.717, 1.165) is 0 Å². The Morgan fingerprint density at radius 2 is 2.05 bits per heavy atom. The molecule has 0 amide bonds. The molecule has 0 saturated heterocycles. The van der Waals surface area contributed by atoms with Crippen LogP contribution in [0.4, 0.5) is 4.39 Å². The summed E-state index contributed by atoms with van der Waals surface area (Å²) in [4.78, 5) is 10.9. The minimum atomic E-state index is -1.04. The van der Waals surface area contributed by atoms with Crippen molar-refractivity contribution in [1.82, 2.24) is 0 Å². The van der Waals surface area contributed by atoms with Gasteiger partial charge in [-0.3, -0.25) is 0 Å². The number of carbonyl (C=O) groups is 1. The summed E-state index contributed by atoms with van der Waals surface area (Å²) in [5.41, 5.74) is 0.607. The van der Waals surface area contributed by atoms with E-state index >= 15 is 0 Å². The van der Waals surface area contributed by atoms with Crippen molar-refractivity contribution in [2.75, 3.05) is 0 Å². The van der Waals surface area contributed by atoms with E-state index in [1.165, 1.54) is 24.3 Å². The van der Waals surface area contributed by atoms with E-state index in [0.29, 0.717) is 15.8 Å². The van der Waals surface area contributed by atoms with Gasteiger partial charge >= 0.3 is 5.97 Å². The van der Waals surface area contributed by atoms with E-state index in [2.05, 4.69) is 15.9 Å². The monoisotopic (exact) mass is 324 g/mol. The first-order valence-electron chi connectivity index (χ1n) is 5.45. The highest BCUT2D eigenvalue weighted by Gasteiger charge is 2.11. The van der Waals surface area contributed by atoms with Gasteiger partial charge in [-0.05, 0) is 52.7 Å². The first-order chi connectivity index (χ1) is 8.99. The van der Waals surface area contributed by atoms with Gasteiger partial charge in [-0.1, -0.05) is 12.1 Å². The Morgan fingerprint density at radius 3 is 2.68 bits per heavy atom. The number of benzene rings is 2. The Balaban J connectivity index is 2.32. The van der Waals surface area contributed by atoms with Crippen LogP contribution in [0, 0.1) is 12.7 Å². The molecule has 19 heavy (non-hydrogen) atoms. The predicted molar refractivity (Wildman–Crippen MR) is 72.3 cm³/mol. The van der Waals surface area contributed by atoms with Crippen LogP contribution in [0.25, 0.3) is 0 Å². The van der Waals surface area contributed by atoms with Crippen LogP contribution in [0.2, 0.25) is 0 Å². The minimum Gasteiger partial charge on any atom is -0.478 e. The second-order valence-electron chi connectivity index (χ2n) is 3.94. The first kappa shape index (κ1) is 13.5. The van der Waals surface area contributed by atoms with Crippen molar-refractivity contribution in [3.63, 3.8) is 0 Å². The predicted octanol–water partition coefficient (Wildman–Crippen LogP) is 4.39. The van der Waals surface area contributed by atoms with Crippen LogP contribution < -0.4 is 4.74 Å². The highest BCUT2D eigenvalue weighted by Crippen LogP contribution is 2.29. The molecule has 2 aromatic carbocycles. The molecule has 0 aliphatic carbocycles. The number of carboxylic acid groups (broad SMARTS) is 1. The maximum absolute atomic E-state index is 13.8.